The summed E-state index contributed by atoms with van der Waals surface area (Å²) in [5.74, 6) is -0.849. The van der Waals surface area contributed by atoms with Crippen molar-refractivity contribution in [1.29, 1.82) is 5.26 Å². The number of pyridine rings is 1. The molecule has 17 heavy (non-hydrogen) atoms. The summed E-state index contributed by atoms with van der Waals surface area (Å²) >= 11 is 0. The van der Waals surface area contributed by atoms with Crippen LogP contribution in [0.5, 0.6) is 0 Å². The summed E-state index contributed by atoms with van der Waals surface area (Å²) in [6, 6.07) is 3.84. The molecule has 5 nitrogen and oxygen atoms in total. The lowest BCUT2D eigenvalue weighted by atomic mass is 10.2. The average molecular weight is 233 g/mol. The van der Waals surface area contributed by atoms with E-state index in [0.717, 1.165) is 0 Å². The van der Waals surface area contributed by atoms with Crippen LogP contribution in [0.2, 0.25) is 0 Å². The van der Waals surface area contributed by atoms with Gasteiger partial charge in [0.15, 0.2) is 0 Å². The fourth-order valence-electron chi connectivity index (χ4n) is 1.58. The number of carboxylic acids is 1. The van der Waals surface area contributed by atoms with E-state index in [4.69, 9.17) is 10.4 Å². The van der Waals surface area contributed by atoms with Gasteiger partial charge in [0.2, 0.25) is 0 Å². The smallest absolute Gasteiger partial charge is 0.305 e. The van der Waals surface area contributed by atoms with Crippen molar-refractivity contribution in [2.24, 2.45) is 0 Å². The fourth-order valence-corrected chi connectivity index (χ4v) is 1.58. The molecule has 0 aromatic carbocycles. The van der Waals surface area contributed by atoms with E-state index in [1.54, 1.807) is 18.5 Å². The fraction of sp³-hybridized carbons (Fsp3) is 0.417. The molecule has 1 aromatic heterocycles. The van der Waals surface area contributed by atoms with Crippen molar-refractivity contribution < 1.29 is 9.90 Å². The summed E-state index contributed by atoms with van der Waals surface area (Å²) < 4.78 is 0. The Morgan fingerprint density at radius 1 is 1.65 bits per heavy atom. The number of hydrogen-bond acceptors (Lipinski definition) is 4. The number of carboxylic acid groups (broad SMARTS) is 1. The first-order chi connectivity index (χ1) is 8.06. The highest BCUT2D eigenvalue weighted by Gasteiger charge is 2.15. The zero-order valence-electron chi connectivity index (χ0n) is 9.92. The summed E-state index contributed by atoms with van der Waals surface area (Å²) in [5, 5.41) is 17.7. The first-order valence-corrected chi connectivity index (χ1v) is 5.38. The lowest BCUT2D eigenvalue weighted by molar-refractivity contribution is -0.136. The first-order valence-electron chi connectivity index (χ1n) is 5.38. The molecule has 1 aromatic rings. The van der Waals surface area contributed by atoms with Crippen LogP contribution in [0.4, 0.5) is 5.69 Å². The number of nitrogens with zero attached hydrogens (tertiary/aromatic N) is 3. The van der Waals surface area contributed by atoms with Gasteiger partial charge < -0.3 is 10.0 Å². The van der Waals surface area contributed by atoms with Crippen LogP contribution >= 0.6 is 0 Å². The summed E-state index contributed by atoms with van der Waals surface area (Å²) in [4.78, 5) is 16.5. The number of hydrogen-bond donors (Lipinski definition) is 1. The summed E-state index contributed by atoms with van der Waals surface area (Å²) in [5.41, 5.74) is 1.20. The molecular weight excluding hydrogens is 218 g/mol. The molecule has 5 heteroatoms. The zero-order chi connectivity index (χ0) is 12.8. The molecule has 0 spiro atoms. The van der Waals surface area contributed by atoms with Crippen LogP contribution in [-0.2, 0) is 4.79 Å². The van der Waals surface area contributed by atoms with Crippen LogP contribution in [-0.4, -0.2) is 28.6 Å². The number of aromatic nitrogens is 1. The van der Waals surface area contributed by atoms with Gasteiger partial charge in [0.05, 0.1) is 23.9 Å². The van der Waals surface area contributed by atoms with Gasteiger partial charge in [-0.2, -0.15) is 5.26 Å². The minimum atomic E-state index is -0.849. The highest BCUT2D eigenvalue weighted by Crippen LogP contribution is 2.20. The van der Waals surface area contributed by atoms with Crippen molar-refractivity contribution in [3.63, 3.8) is 0 Å². The van der Waals surface area contributed by atoms with Crippen LogP contribution in [0.15, 0.2) is 18.5 Å². The molecule has 0 amide bonds. The summed E-state index contributed by atoms with van der Waals surface area (Å²) in [6.45, 7) is 4.28. The average Bonchev–Trinajstić information content (AvgIpc) is 2.29. The van der Waals surface area contributed by atoms with Gasteiger partial charge in [0.1, 0.15) is 6.07 Å². The van der Waals surface area contributed by atoms with E-state index >= 15 is 0 Å². The van der Waals surface area contributed by atoms with Crippen molar-refractivity contribution in [1.82, 2.24) is 4.98 Å². The van der Waals surface area contributed by atoms with Gasteiger partial charge >= 0.3 is 5.97 Å². The second-order valence-electron chi connectivity index (χ2n) is 3.94. The molecule has 0 fully saturated rings. The number of anilines is 1. The highest BCUT2D eigenvalue weighted by atomic mass is 16.4. The molecule has 1 rings (SSSR count). The second-order valence-corrected chi connectivity index (χ2v) is 3.94. The largest absolute Gasteiger partial charge is 0.481 e. The van der Waals surface area contributed by atoms with Crippen molar-refractivity contribution in [3.8, 4) is 6.07 Å². The van der Waals surface area contributed by atoms with Gasteiger partial charge in [0, 0.05) is 18.8 Å². The molecule has 0 bridgehead atoms. The molecule has 0 aliphatic rings. The second kappa shape index (κ2) is 5.85. The van der Waals surface area contributed by atoms with E-state index in [1.807, 2.05) is 18.7 Å². The standard InChI is InChI=1S/C12H15N3O2/c1-9(2)15(6-4-12(16)17)11-8-14-5-3-10(11)7-13/h3,5,8-9H,4,6H2,1-2H3,(H,16,17). The Kier molecular flexibility index (Phi) is 4.46. The lowest BCUT2D eigenvalue weighted by Gasteiger charge is -2.28. The van der Waals surface area contributed by atoms with Crippen LogP contribution in [0.25, 0.3) is 0 Å². The predicted octanol–water partition coefficient (Wildman–Crippen LogP) is 1.64. The van der Waals surface area contributed by atoms with E-state index in [0.29, 0.717) is 17.8 Å². The summed E-state index contributed by atoms with van der Waals surface area (Å²) in [7, 11) is 0. The molecule has 0 aliphatic carbocycles. The predicted molar refractivity (Wildman–Crippen MR) is 63.7 cm³/mol. The van der Waals surface area contributed by atoms with E-state index in [9.17, 15) is 4.79 Å². The molecule has 0 aliphatic heterocycles. The molecule has 0 atom stereocenters. The molecule has 0 saturated carbocycles. The van der Waals surface area contributed by atoms with Gasteiger partial charge in [-0.05, 0) is 19.9 Å². The Morgan fingerprint density at radius 3 is 2.88 bits per heavy atom. The van der Waals surface area contributed by atoms with Gasteiger partial charge in [-0.15, -0.1) is 0 Å². The van der Waals surface area contributed by atoms with E-state index in [1.165, 1.54) is 0 Å². The van der Waals surface area contributed by atoms with Crippen LogP contribution in [0.3, 0.4) is 0 Å². The monoisotopic (exact) mass is 233 g/mol. The van der Waals surface area contributed by atoms with E-state index < -0.39 is 5.97 Å². The van der Waals surface area contributed by atoms with Crippen molar-refractivity contribution in [2.45, 2.75) is 26.3 Å². The van der Waals surface area contributed by atoms with Gasteiger partial charge in [-0.3, -0.25) is 9.78 Å². The third kappa shape index (κ3) is 3.45. The third-order valence-corrected chi connectivity index (χ3v) is 2.42. The van der Waals surface area contributed by atoms with E-state index in [2.05, 4.69) is 11.1 Å². The zero-order valence-corrected chi connectivity index (χ0v) is 9.92. The normalized spacial score (nSPS) is 10.0. The van der Waals surface area contributed by atoms with Gasteiger partial charge in [-0.25, -0.2) is 0 Å². The molecule has 90 valence electrons. The number of aliphatic carboxylic acids is 1. The molecule has 1 N–H and O–H groups in total. The Hall–Kier alpha value is -2.09. The van der Waals surface area contributed by atoms with Crippen molar-refractivity contribution in [2.75, 3.05) is 11.4 Å². The van der Waals surface area contributed by atoms with Gasteiger partial charge in [0.25, 0.3) is 0 Å². The molecular formula is C12H15N3O2. The molecule has 0 saturated heterocycles. The quantitative estimate of drug-likeness (QED) is 0.836. The molecule has 0 unspecified atom stereocenters. The Bertz CT molecular complexity index is 438. The maximum Gasteiger partial charge on any atom is 0.305 e. The first kappa shape index (κ1) is 13.0. The Labute approximate surface area is 100 Å². The van der Waals surface area contributed by atoms with Crippen LogP contribution < -0.4 is 4.90 Å². The number of carbonyl (C=O) groups is 1. The number of nitriles is 1. The van der Waals surface area contributed by atoms with Crippen molar-refractivity contribution >= 4 is 11.7 Å². The third-order valence-electron chi connectivity index (χ3n) is 2.42. The molecule has 1 heterocycles. The Morgan fingerprint density at radius 2 is 2.35 bits per heavy atom. The maximum absolute atomic E-state index is 10.6. The van der Waals surface area contributed by atoms with E-state index in [-0.39, 0.29) is 12.5 Å². The molecule has 0 radical (unpaired) electrons. The van der Waals surface area contributed by atoms with Crippen LogP contribution in [0.1, 0.15) is 25.8 Å². The lowest BCUT2D eigenvalue weighted by Crippen LogP contribution is -2.33. The van der Waals surface area contributed by atoms with Crippen LogP contribution in [0, 0.1) is 11.3 Å². The maximum atomic E-state index is 10.6. The topological polar surface area (TPSA) is 77.2 Å². The SMILES string of the molecule is CC(C)N(CCC(=O)O)c1cnccc1C#N. The number of rotatable bonds is 5. The Balaban J connectivity index is 2.98. The minimum absolute atomic E-state index is 0.0396. The minimum Gasteiger partial charge on any atom is -0.481 e. The highest BCUT2D eigenvalue weighted by molar-refractivity contribution is 5.68. The summed E-state index contributed by atoms with van der Waals surface area (Å²) in [6.07, 6.45) is 3.19. The van der Waals surface area contributed by atoms with Gasteiger partial charge in [-0.1, -0.05) is 0 Å². The van der Waals surface area contributed by atoms with Crippen molar-refractivity contribution in [3.05, 3.63) is 24.0 Å².